The number of halogens is 1. The molecular formula is C11H11Cl. The van der Waals surface area contributed by atoms with Gasteiger partial charge in [0.15, 0.2) is 0 Å². The minimum atomic E-state index is 0.448. The maximum atomic E-state index is 6.01. The third-order valence-electron chi connectivity index (χ3n) is 1.79. The molecule has 62 valence electrons. The molecular weight excluding hydrogens is 168 g/mol. The van der Waals surface area contributed by atoms with E-state index in [0.29, 0.717) is 5.92 Å². The molecule has 0 spiro atoms. The first-order valence-electron chi connectivity index (χ1n) is 3.91. The fourth-order valence-electron chi connectivity index (χ4n) is 1.09. The lowest BCUT2D eigenvalue weighted by atomic mass is 10.0. The predicted octanol–water partition coefficient (Wildman–Crippen LogP) is 3.44. The van der Waals surface area contributed by atoms with Gasteiger partial charge in [0.1, 0.15) is 0 Å². The van der Waals surface area contributed by atoms with Crippen molar-refractivity contribution in [1.82, 2.24) is 0 Å². The molecule has 0 aliphatic carbocycles. The van der Waals surface area contributed by atoms with Gasteiger partial charge < -0.3 is 0 Å². The maximum absolute atomic E-state index is 6.01. The summed E-state index contributed by atoms with van der Waals surface area (Å²) >= 11 is 6.01. The Bertz CT molecular complexity index is 318. The normalized spacial score (nSPS) is 9.92. The monoisotopic (exact) mass is 178 g/mol. The highest BCUT2D eigenvalue weighted by Crippen LogP contribution is 2.24. The average Bonchev–Trinajstić information content (AvgIpc) is 2.03. The SMILES string of the molecule is C#Cc1ccc(C(C)C)c(Cl)c1. The van der Waals surface area contributed by atoms with Crippen LogP contribution in [0, 0.1) is 12.3 Å². The number of hydrogen-bond donors (Lipinski definition) is 0. The molecule has 1 heteroatoms. The van der Waals surface area contributed by atoms with Crippen LogP contribution in [-0.2, 0) is 0 Å². The minimum Gasteiger partial charge on any atom is -0.115 e. The average molecular weight is 179 g/mol. The second-order valence-corrected chi connectivity index (χ2v) is 3.44. The van der Waals surface area contributed by atoms with Gasteiger partial charge in [-0.15, -0.1) is 6.42 Å². The number of benzene rings is 1. The first-order valence-corrected chi connectivity index (χ1v) is 4.29. The third-order valence-corrected chi connectivity index (χ3v) is 2.12. The van der Waals surface area contributed by atoms with Crippen LogP contribution in [0.2, 0.25) is 5.02 Å². The topological polar surface area (TPSA) is 0 Å². The molecule has 12 heavy (non-hydrogen) atoms. The predicted molar refractivity (Wildman–Crippen MR) is 53.5 cm³/mol. The largest absolute Gasteiger partial charge is 0.115 e. The lowest BCUT2D eigenvalue weighted by Crippen LogP contribution is -1.88. The van der Waals surface area contributed by atoms with Gasteiger partial charge in [-0.05, 0) is 23.6 Å². The van der Waals surface area contributed by atoms with E-state index in [0.717, 1.165) is 16.1 Å². The van der Waals surface area contributed by atoms with Crippen LogP contribution in [0.4, 0.5) is 0 Å². The van der Waals surface area contributed by atoms with E-state index < -0.39 is 0 Å². The van der Waals surface area contributed by atoms with E-state index in [1.165, 1.54) is 0 Å². The second kappa shape index (κ2) is 3.65. The summed E-state index contributed by atoms with van der Waals surface area (Å²) in [6.45, 7) is 4.22. The molecule has 0 aromatic heterocycles. The van der Waals surface area contributed by atoms with Crippen molar-refractivity contribution < 1.29 is 0 Å². The number of rotatable bonds is 1. The van der Waals surface area contributed by atoms with Crippen molar-refractivity contribution >= 4 is 11.6 Å². The fraction of sp³-hybridized carbons (Fsp3) is 0.273. The van der Waals surface area contributed by atoms with Gasteiger partial charge in [0.2, 0.25) is 0 Å². The fourth-order valence-corrected chi connectivity index (χ4v) is 1.48. The highest BCUT2D eigenvalue weighted by Gasteiger charge is 2.04. The number of terminal acetylenes is 1. The first-order chi connectivity index (χ1) is 5.65. The Hall–Kier alpha value is -0.930. The van der Waals surface area contributed by atoms with Gasteiger partial charge in [-0.2, -0.15) is 0 Å². The first kappa shape index (κ1) is 9.16. The zero-order chi connectivity index (χ0) is 9.14. The highest BCUT2D eigenvalue weighted by molar-refractivity contribution is 6.31. The van der Waals surface area contributed by atoms with Crippen LogP contribution in [-0.4, -0.2) is 0 Å². The summed E-state index contributed by atoms with van der Waals surface area (Å²) in [4.78, 5) is 0. The number of hydrogen-bond acceptors (Lipinski definition) is 0. The Morgan fingerprint density at radius 2 is 2.08 bits per heavy atom. The van der Waals surface area contributed by atoms with Gasteiger partial charge in [-0.25, -0.2) is 0 Å². The molecule has 0 atom stereocenters. The zero-order valence-electron chi connectivity index (χ0n) is 7.26. The van der Waals surface area contributed by atoms with Crippen molar-refractivity contribution in [2.45, 2.75) is 19.8 Å². The lowest BCUT2D eigenvalue weighted by molar-refractivity contribution is 0.867. The summed E-state index contributed by atoms with van der Waals surface area (Å²) < 4.78 is 0. The van der Waals surface area contributed by atoms with Gasteiger partial charge in [0.25, 0.3) is 0 Å². The summed E-state index contributed by atoms with van der Waals surface area (Å²) in [7, 11) is 0. The molecule has 0 unspecified atom stereocenters. The van der Waals surface area contributed by atoms with Crippen LogP contribution in [0.1, 0.15) is 30.9 Å². The van der Waals surface area contributed by atoms with E-state index in [-0.39, 0.29) is 0 Å². The van der Waals surface area contributed by atoms with Crippen molar-refractivity contribution in [3.05, 3.63) is 34.3 Å². The van der Waals surface area contributed by atoms with Crippen LogP contribution < -0.4 is 0 Å². The Morgan fingerprint density at radius 3 is 2.50 bits per heavy atom. The van der Waals surface area contributed by atoms with E-state index in [1.54, 1.807) is 0 Å². The molecule has 0 saturated carbocycles. The zero-order valence-corrected chi connectivity index (χ0v) is 8.02. The lowest BCUT2D eigenvalue weighted by Gasteiger charge is -2.07. The van der Waals surface area contributed by atoms with Gasteiger partial charge >= 0.3 is 0 Å². The summed E-state index contributed by atoms with van der Waals surface area (Å²) in [5.74, 6) is 3.00. The molecule has 0 fully saturated rings. The molecule has 0 bridgehead atoms. The van der Waals surface area contributed by atoms with Crippen molar-refractivity contribution in [3.8, 4) is 12.3 Å². The van der Waals surface area contributed by atoms with Crippen LogP contribution in [0.25, 0.3) is 0 Å². The van der Waals surface area contributed by atoms with Crippen molar-refractivity contribution in [3.63, 3.8) is 0 Å². The summed E-state index contributed by atoms with van der Waals surface area (Å²) in [5.41, 5.74) is 1.99. The van der Waals surface area contributed by atoms with E-state index in [2.05, 4.69) is 19.8 Å². The summed E-state index contributed by atoms with van der Waals surface area (Å²) in [5, 5.41) is 0.764. The molecule has 1 aromatic carbocycles. The molecule has 1 aromatic rings. The molecule has 0 amide bonds. The Kier molecular flexibility index (Phi) is 2.78. The van der Waals surface area contributed by atoms with Gasteiger partial charge in [0, 0.05) is 10.6 Å². The molecule has 0 radical (unpaired) electrons. The molecule has 0 aliphatic heterocycles. The van der Waals surface area contributed by atoms with E-state index >= 15 is 0 Å². The van der Waals surface area contributed by atoms with Gasteiger partial charge in [-0.3, -0.25) is 0 Å². The summed E-state index contributed by atoms with van der Waals surface area (Å²) in [6.07, 6.45) is 5.24. The van der Waals surface area contributed by atoms with E-state index in [1.807, 2.05) is 18.2 Å². The van der Waals surface area contributed by atoms with Gasteiger partial charge in [0.05, 0.1) is 0 Å². The summed E-state index contributed by atoms with van der Waals surface area (Å²) in [6, 6.07) is 5.74. The quantitative estimate of drug-likeness (QED) is 0.578. The molecule has 0 heterocycles. The van der Waals surface area contributed by atoms with E-state index in [9.17, 15) is 0 Å². The molecule has 0 saturated heterocycles. The minimum absolute atomic E-state index is 0.448. The molecule has 0 aliphatic rings. The van der Waals surface area contributed by atoms with Crippen molar-refractivity contribution in [2.24, 2.45) is 0 Å². The third kappa shape index (κ3) is 1.81. The standard InChI is InChI=1S/C11H11Cl/c1-4-9-5-6-10(8(2)3)11(12)7-9/h1,5-8H,2-3H3. The van der Waals surface area contributed by atoms with Gasteiger partial charge in [-0.1, -0.05) is 37.4 Å². The van der Waals surface area contributed by atoms with E-state index in [4.69, 9.17) is 18.0 Å². The Morgan fingerprint density at radius 1 is 1.42 bits per heavy atom. The Balaban J connectivity index is 3.14. The van der Waals surface area contributed by atoms with Crippen LogP contribution >= 0.6 is 11.6 Å². The van der Waals surface area contributed by atoms with Crippen molar-refractivity contribution in [1.29, 1.82) is 0 Å². The second-order valence-electron chi connectivity index (χ2n) is 3.04. The van der Waals surface area contributed by atoms with Crippen LogP contribution in [0.5, 0.6) is 0 Å². The van der Waals surface area contributed by atoms with Crippen molar-refractivity contribution in [2.75, 3.05) is 0 Å². The molecule has 0 N–H and O–H groups in total. The molecule has 0 nitrogen and oxygen atoms in total. The van der Waals surface area contributed by atoms with Crippen LogP contribution in [0.15, 0.2) is 18.2 Å². The van der Waals surface area contributed by atoms with Crippen LogP contribution in [0.3, 0.4) is 0 Å². The Labute approximate surface area is 78.6 Å². The highest BCUT2D eigenvalue weighted by atomic mass is 35.5. The smallest absolute Gasteiger partial charge is 0.0453 e. The molecule has 1 rings (SSSR count). The maximum Gasteiger partial charge on any atom is 0.0453 e.